The summed E-state index contributed by atoms with van der Waals surface area (Å²) in [6, 6.07) is 14.3. The van der Waals surface area contributed by atoms with Crippen molar-refractivity contribution in [3.8, 4) is 0 Å². The van der Waals surface area contributed by atoms with Crippen molar-refractivity contribution in [1.29, 1.82) is 0 Å². The molecule has 174 valence electrons. The number of anilines is 1. The van der Waals surface area contributed by atoms with Crippen LogP contribution in [-0.4, -0.2) is 48.3 Å². The van der Waals surface area contributed by atoms with Crippen LogP contribution in [0.3, 0.4) is 0 Å². The number of carbonyl (C=O) groups is 2. The summed E-state index contributed by atoms with van der Waals surface area (Å²) < 4.78 is 8.07. The van der Waals surface area contributed by atoms with Gasteiger partial charge in [-0.2, -0.15) is 0 Å². The van der Waals surface area contributed by atoms with Crippen LogP contribution in [0.5, 0.6) is 0 Å². The molecule has 3 aromatic heterocycles. The summed E-state index contributed by atoms with van der Waals surface area (Å²) >= 11 is 1.07. The maximum atomic E-state index is 13.1. The summed E-state index contributed by atoms with van der Waals surface area (Å²) in [7, 11) is 1.14. The van der Waals surface area contributed by atoms with E-state index >= 15 is 0 Å². The van der Waals surface area contributed by atoms with Crippen LogP contribution in [0.2, 0.25) is 0 Å². The molecular weight excluding hydrogens is 460 g/mol. The van der Waals surface area contributed by atoms with Gasteiger partial charge in [0.05, 0.1) is 19.4 Å². The van der Waals surface area contributed by atoms with E-state index in [0.717, 1.165) is 29.0 Å². The van der Waals surface area contributed by atoms with E-state index in [1.165, 1.54) is 0 Å². The lowest BCUT2D eigenvalue weighted by Crippen LogP contribution is -2.45. The Morgan fingerprint density at radius 3 is 2.50 bits per heavy atom. The number of methoxy groups -OCH3 is 1. The van der Waals surface area contributed by atoms with Crippen LogP contribution in [0.4, 0.5) is 5.82 Å². The first kappa shape index (κ1) is 23.0. The molecule has 0 unspecified atom stereocenters. The number of ether oxygens (including phenoxy) is 1. The van der Waals surface area contributed by atoms with Crippen molar-refractivity contribution in [1.82, 2.24) is 23.7 Å². The van der Waals surface area contributed by atoms with Crippen LogP contribution >= 0.6 is 11.8 Å². The number of hydrogen-bond acceptors (Lipinski definition) is 9. The molecule has 0 saturated carbocycles. The van der Waals surface area contributed by atoms with Crippen molar-refractivity contribution >= 4 is 35.0 Å². The Kier molecular flexibility index (Phi) is 6.59. The third-order valence-corrected chi connectivity index (χ3v) is 6.00. The minimum Gasteiger partial charge on any atom is -0.468 e. The molecule has 0 aliphatic rings. The van der Waals surface area contributed by atoms with Crippen LogP contribution in [0.25, 0.3) is 5.65 Å². The molecule has 12 heteroatoms. The number of thioether (sulfide) groups is 1. The Morgan fingerprint density at radius 2 is 1.76 bits per heavy atom. The largest absolute Gasteiger partial charge is 0.468 e. The Bertz CT molecular complexity index is 1490. The maximum absolute atomic E-state index is 13.1. The van der Waals surface area contributed by atoms with Gasteiger partial charge in [0.25, 0.3) is 5.56 Å². The molecular formula is C22H20N6O5S. The number of aromatic nitrogens is 5. The average molecular weight is 481 g/mol. The fraction of sp³-hybridized carbons (Fsp3) is 0.182. The van der Waals surface area contributed by atoms with E-state index in [9.17, 15) is 19.2 Å². The molecule has 0 bridgehead atoms. The number of fused-ring (bicyclic) bond motifs is 1. The fourth-order valence-electron chi connectivity index (χ4n) is 3.35. The van der Waals surface area contributed by atoms with E-state index in [1.807, 2.05) is 12.1 Å². The van der Waals surface area contributed by atoms with Gasteiger partial charge in [-0.05, 0) is 17.7 Å². The topological polar surface area (TPSA) is 144 Å². The Balaban J connectivity index is 1.73. The number of nitrogen functional groups attached to an aromatic ring is 1. The van der Waals surface area contributed by atoms with Gasteiger partial charge in [0.2, 0.25) is 0 Å². The number of rotatable bonds is 8. The number of benzene rings is 1. The summed E-state index contributed by atoms with van der Waals surface area (Å²) in [6.45, 7) is -0.638. The van der Waals surface area contributed by atoms with Gasteiger partial charge in [-0.1, -0.05) is 48.2 Å². The third kappa shape index (κ3) is 4.48. The van der Waals surface area contributed by atoms with Gasteiger partial charge in [-0.25, -0.2) is 9.36 Å². The van der Waals surface area contributed by atoms with Crippen LogP contribution in [0.1, 0.15) is 15.9 Å². The minimum atomic E-state index is -0.950. The standard InChI is InChI=1S/C22H20N6O5S/c1-33-17(30)12-28-20(31)18(19(23)27(22(28)32)11-14-7-3-2-4-8-14)15(29)13-34-21-25-24-16-9-5-6-10-26(16)21/h2-10H,11-13,23H2,1H3. The Morgan fingerprint density at radius 1 is 1.03 bits per heavy atom. The molecule has 0 radical (unpaired) electrons. The van der Waals surface area contributed by atoms with Crippen LogP contribution in [0.15, 0.2) is 69.5 Å². The molecule has 11 nitrogen and oxygen atoms in total. The second kappa shape index (κ2) is 9.75. The van der Waals surface area contributed by atoms with Crippen LogP contribution in [-0.2, 0) is 22.6 Å². The van der Waals surface area contributed by atoms with Gasteiger partial charge in [0, 0.05) is 6.20 Å². The van der Waals surface area contributed by atoms with Gasteiger partial charge >= 0.3 is 11.7 Å². The number of carbonyl (C=O) groups excluding carboxylic acids is 2. The van der Waals surface area contributed by atoms with E-state index in [4.69, 9.17) is 5.73 Å². The number of Topliss-reactive ketones (excluding diaryl/α,β-unsaturated/α-hetero) is 1. The first-order chi connectivity index (χ1) is 16.4. The number of esters is 1. The molecule has 0 saturated heterocycles. The smallest absolute Gasteiger partial charge is 0.333 e. The molecule has 0 aliphatic heterocycles. The SMILES string of the molecule is COC(=O)Cn1c(=O)c(C(=O)CSc2nnc3ccccn23)c(N)n(Cc2ccccc2)c1=O. The van der Waals surface area contributed by atoms with Gasteiger partial charge in [0.15, 0.2) is 16.6 Å². The zero-order valence-corrected chi connectivity index (χ0v) is 18.9. The summed E-state index contributed by atoms with van der Waals surface area (Å²) in [5.74, 6) is -1.87. The normalized spacial score (nSPS) is 11.0. The molecule has 4 aromatic rings. The van der Waals surface area contributed by atoms with E-state index in [0.29, 0.717) is 15.4 Å². The van der Waals surface area contributed by atoms with Crippen molar-refractivity contribution in [3.05, 3.63) is 86.7 Å². The second-order valence-corrected chi connectivity index (χ2v) is 8.15. The molecule has 0 amide bonds. The number of nitrogens with zero attached hydrogens (tertiary/aromatic N) is 5. The summed E-state index contributed by atoms with van der Waals surface area (Å²) in [4.78, 5) is 51.1. The molecule has 0 aliphatic carbocycles. The third-order valence-electron chi connectivity index (χ3n) is 5.06. The van der Waals surface area contributed by atoms with E-state index < -0.39 is 29.5 Å². The molecule has 4 rings (SSSR count). The zero-order chi connectivity index (χ0) is 24.2. The van der Waals surface area contributed by atoms with Gasteiger partial charge < -0.3 is 10.5 Å². The van der Waals surface area contributed by atoms with E-state index in [-0.39, 0.29) is 23.7 Å². The average Bonchev–Trinajstić information content (AvgIpc) is 3.27. The lowest BCUT2D eigenvalue weighted by Gasteiger charge is -2.16. The molecule has 1 aromatic carbocycles. The van der Waals surface area contributed by atoms with Gasteiger partial charge in [-0.15, -0.1) is 10.2 Å². The molecule has 0 atom stereocenters. The highest BCUT2D eigenvalue weighted by molar-refractivity contribution is 7.99. The van der Waals surface area contributed by atoms with Crippen molar-refractivity contribution in [2.45, 2.75) is 18.2 Å². The van der Waals surface area contributed by atoms with Crippen molar-refractivity contribution in [2.75, 3.05) is 18.6 Å². The van der Waals surface area contributed by atoms with Crippen LogP contribution in [0, 0.1) is 0 Å². The monoisotopic (exact) mass is 480 g/mol. The number of ketones is 1. The lowest BCUT2D eigenvalue weighted by molar-refractivity contribution is -0.141. The highest BCUT2D eigenvalue weighted by atomic mass is 32.2. The highest BCUT2D eigenvalue weighted by Crippen LogP contribution is 2.19. The predicted octanol–water partition coefficient (Wildman–Crippen LogP) is 0.831. The van der Waals surface area contributed by atoms with Crippen molar-refractivity contribution in [3.63, 3.8) is 0 Å². The van der Waals surface area contributed by atoms with Gasteiger partial charge in [-0.3, -0.25) is 23.4 Å². The Hall–Kier alpha value is -4.19. The van der Waals surface area contributed by atoms with E-state index in [1.54, 1.807) is 47.0 Å². The number of nitrogens with two attached hydrogens (primary N) is 1. The van der Waals surface area contributed by atoms with Gasteiger partial charge in [0.1, 0.15) is 17.9 Å². The predicted molar refractivity (Wildman–Crippen MR) is 125 cm³/mol. The molecule has 0 spiro atoms. The first-order valence-electron chi connectivity index (χ1n) is 10.1. The molecule has 3 heterocycles. The Labute approximate surface area is 196 Å². The second-order valence-electron chi connectivity index (χ2n) is 7.21. The zero-order valence-electron chi connectivity index (χ0n) is 18.1. The summed E-state index contributed by atoms with van der Waals surface area (Å²) in [6.07, 6.45) is 1.75. The van der Waals surface area contributed by atoms with Crippen molar-refractivity contribution in [2.24, 2.45) is 0 Å². The molecule has 2 N–H and O–H groups in total. The van der Waals surface area contributed by atoms with E-state index in [2.05, 4.69) is 14.9 Å². The highest BCUT2D eigenvalue weighted by Gasteiger charge is 2.24. The minimum absolute atomic E-state index is 0.00912. The first-order valence-corrected chi connectivity index (χ1v) is 11.1. The quantitative estimate of drug-likeness (QED) is 0.220. The number of pyridine rings is 1. The molecule has 0 fully saturated rings. The lowest BCUT2D eigenvalue weighted by atomic mass is 10.2. The van der Waals surface area contributed by atoms with Crippen LogP contribution < -0.4 is 17.0 Å². The summed E-state index contributed by atoms with van der Waals surface area (Å²) in [5.41, 5.74) is 5.37. The number of hydrogen-bond donors (Lipinski definition) is 1. The summed E-state index contributed by atoms with van der Waals surface area (Å²) in [5, 5.41) is 8.53. The fourth-order valence-corrected chi connectivity index (χ4v) is 4.15. The van der Waals surface area contributed by atoms with Crippen molar-refractivity contribution < 1.29 is 14.3 Å². The molecule has 34 heavy (non-hydrogen) atoms. The maximum Gasteiger partial charge on any atom is 0.333 e.